The second-order valence-corrected chi connectivity index (χ2v) is 4.81. The molecule has 0 spiro atoms. The highest BCUT2D eigenvalue weighted by Gasteiger charge is 2.04. The van der Waals surface area contributed by atoms with Crippen LogP contribution in [0, 0.1) is 5.82 Å². The van der Waals surface area contributed by atoms with E-state index in [0.717, 1.165) is 11.1 Å². The van der Waals surface area contributed by atoms with Gasteiger partial charge in [-0.3, -0.25) is 4.79 Å². The van der Waals surface area contributed by atoms with Gasteiger partial charge in [-0.1, -0.05) is 48.5 Å². The normalized spacial score (nSPS) is 11.5. The molecule has 23 heavy (non-hydrogen) atoms. The summed E-state index contributed by atoms with van der Waals surface area (Å²) in [6.45, 7) is 1.57. The van der Waals surface area contributed by atoms with Gasteiger partial charge in [0.1, 0.15) is 0 Å². The van der Waals surface area contributed by atoms with Gasteiger partial charge in [-0.25, -0.2) is 9.82 Å². The average molecular weight is 312 g/mol. The Bertz CT molecular complexity index is 712. The predicted molar refractivity (Wildman–Crippen MR) is 88.6 cm³/mol. The molecule has 0 atom stereocenters. The van der Waals surface area contributed by atoms with E-state index in [1.165, 1.54) is 18.3 Å². The lowest BCUT2D eigenvalue weighted by Gasteiger charge is -2.05. The number of halogens is 1. The van der Waals surface area contributed by atoms with Crippen LogP contribution in [0.1, 0.15) is 12.5 Å². The maximum absolute atomic E-state index is 13.3. The number of amides is 1. The molecule has 118 valence electrons. The van der Waals surface area contributed by atoms with Crippen molar-refractivity contribution in [1.82, 2.24) is 5.43 Å². The molecule has 0 heterocycles. The van der Waals surface area contributed by atoms with Crippen molar-refractivity contribution in [2.75, 3.05) is 6.61 Å². The number of nitrogens with zero attached hydrogens (tertiary/aromatic N) is 1. The van der Waals surface area contributed by atoms with Crippen LogP contribution in [0.5, 0.6) is 5.75 Å². The van der Waals surface area contributed by atoms with E-state index in [-0.39, 0.29) is 12.4 Å². The first-order valence-corrected chi connectivity index (χ1v) is 7.08. The van der Waals surface area contributed by atoms with Crippen molar-refractivity contribution in [3.63, 3.8) is 0 Å². The number of nitrogens with one attached hydrogen (secondary N) is 1. The van der Waals surface area contributed by atoms with Crippen LogP contribution in [0.3, 0.4) is 0 Å². The molecule has 5 heteroatoms. The number of benzene rings is 2. The number of hydrogen-bond donors (Lipinski definition) is 1. The molecule has 0 bridgehead atoms. The van der Waals surface area contributed by atoms with E-state index in [2.05, 4.69) is 10.5 Å². The summed E-state index contributed by atoms with van der Waals surface area (Å²) in [5.41, 5.74) is 4.26. The van der Waals surface area contributed by atoms with E-state index in [1.54, 1.807) is 12.1 Å². The molecule has 2 rings (SSSR count). The Kier molecular flexibility index (Phi) is 6.06. The van der Waals surface area contributed by atoms with E-state index < -0.39 is 11.7 Å². The maximum atomic E-state index is 13.3. The number of rotatable bonds is 6. The molecule has 0 saturated carbocycles. The van der Waals surface area contributed by atoms with Crippen molar-refractivity contribution in [3.05, 3.63) is 71.6 Å². The van der Waals surface area contributed by atoms with Crippen LogP contribution >= 0.6 is 0 Å². The third kappa shape index (κ3) is 5.74. The van der Waals surface area contributed by atoms with Gasteiger partial charge in [-0.15, -0.1) is 0 Å². The van der Waals surface area contributed by atoms with Crippen LogP contribution in [0.2, 0.25) is 0 Å². The van der Waals surface area contributed by atoms with Crippen LogP contribution in [0.15, 0.2) is 65.3 Å². The molecule has 0 saturated heterocycles. The summed E-state index contributed by atoms with van der Waals surface area (Å²) in [5.74, 6) is -0.936. The van der Waals surface area contributed by atoms with Crippen LogP contribution in [-0.2, 0) is 4.79 Å². The van der Waals surface area contributed by atoms with Crippen molar-refractivity contribution >= 4 is 18.2 Å². The highest BCUT2D eigenvalue weighted by Crippen LogP contribution is 2.14. The number of para-hydroxylation sites is 1. The maximum Gasteiger partial charge on any atom is 0.277 e. The molecule has 0 aliphatic rings. The average Bonchev–Trinajstić information content (AvgIpc) is 2.55. The number of allylic oxidation sites excluding steroid dienone is 1. The summed E-state index contributed by atoms with van der Waals surface area (Å²) >= 11 is 0. The Morgan fingerprint density at radius 2 is 1.87 bits per heavy atom. The van der Waals surface area contributed by atoms with Crippen molar-refractivity contribution < 1.29 is 13.9 Å². The smallest absolute Gasteiger partial charge is 0.277 e. The lowest BCUT2D eigenvalue weighted by Crippen LogP contribution is -2.24. The first kappa shape index (κ1) is 16.4. The van der Waals surface area contributed by atoms with E-state index in [0.29, 0.717) is 0 Å². The standard InChI is InChI=1S/C18H17FN2O2/c1-14(11-15-7-3-2-4-8-15)12-20-21-18(22)13-23-17-10-6-5-9-16(17)19/h2-12H,13H2,1H3,(H,21,22)/b14-11+,20-12-. The number of hydrazone groups is 1. The lowest BCUT2D eigenvalue weighted by molar-refractivity contribution is -0.123. The minimum Gasteiger partial charge on any atom is -0.481 e. The van der Waals surface area contributed by atoms with Crippen molar-refractivity contribution in [1.29, 1.82) is 0 Å². The molecule has 0 radical (unpaired) electrons. The number of carbonyl (C=O) groups excluding carboxylic acids is 1. The zero-order valence-electron chi connectivity index (χ0n) is 12.7. The van der Waals surface area contributed by atoms with Gasteiger partial charge in [0, 0.05) is 0 Å². The van der Waals surface area contributed by atoms with Gasteiger partial charge in [0.05, 0.1) is 6.21 Å². The summed E-state index contributed by atoms with van der Waals surface area (Å²) < 4.78 is 18.4. The number of carbonyl (C=O) groups is 1. The predicted octanol–water partition coefficient (Wildman–Crippen LogP) is 3.41. The molecular formula is C18H17FN2O2. The van der Waals surface area contributed by atoms with Gasteiger partial charge in [-0.2, -0.15) is 5.10 Å². The SMILES string of the molecule is CC(/C=N\NC(=O)COc1ccccc1F)=C\c1ccccc1. The zero-order chi connectivity index (χ0) is 16.5. The Morgan fingerprint density at radius 3 is 2.61 bits per heavy atom. The molecule has 1 amide bonds. The monoisotopic (exact) mass is 312 g/mol. The van der Waals surface area contributed by atoms with Crippen molar-refractivity contribution in [2.45, 2.75) is 6.92 Å². The summed E-state index contributed by atoms with van der Waals surface area (Å²) in [7, 11) is 0. The second kappa shape index (κ2) is 8.48. The van der Waals surface area contributed by atoms with E-state index in [1.807, 2.05) is 43.3 Å². The van der Waals surface area contributed by atoms with Crippen LogP contribution < -0.4 is 10.2 Å². The van der Waals surface area contributed by atoms with Gasteiger partial charge < -0.3 is 4.74 Å². The molecule has 0 fully saturated rings. The van der Waals surface area contributed by atoms with E-state index in [4.69, 9.17) is 4.74 Å². The fourth-order valence-corrected chi connectivity index (χ4v) is 1.79. The molecule has 0 aliphatic carbocycles. The lowest BCUT2D eigenvalue weighted by atomic mass is 10.1. The zero-order valence-corrected chi connectivity index (χ0v) is 12.7. The van der Waals surface area contributed by atoms with Crippen molar-refractivity contribution in [3.8, 4) is 5.75 Å². The Hall–Kier alpha value is -2.95. The third-order valence-electron chi connectivity index (χ3n) is 2.85. The first-order valence-electron chi connectivity index (χ1n) is 7.08. The van der Waals surface area contributed by atoms with E-state index >= 15 is 0 Å². The fraction of sp³-hybridized carbons (Fsp3) is 0.111. The quantitative estimate of drug-likeness (QED) is 0.656. The van der Waals surface area contributed by atoms with Gasteiger partial charge in [0.15, 0.2) is 18.2 Å². The molecule has 1 N–H and O–H groups in total. The van der Waals surface area contributed by atoms with Crippen molar-refractivity contribution in [2.24, 2.45) is 5.10 Å². The number of ether oxygens (including phenoxy) is 1. The summed E-state index contributed by atoms with van der Waals surface area (Å²) in [6, 6.07) is 15.7. The minimum absolute atomic E-state index is 0.0341. The van der Waals surface area contributed by atoms with Gasteiger partial charge in [0.2, 0.25) is 0 Å². The second-order valence-electron chi connectivity index (χ2n) is 4.81. The Morgan fingerprint density at radius 1 is 1.17 bits per heavy atom. The first-order chi connectivity index (χ1) is 11.1. The molecule has 2 aromatic carbocycles. The summed E-state index contributed by atoms with van der Waals surface area (Å²) in [5, 5.41) is 3.84. The van der Waals surface area contributed by atoms with Crippen LogP contribution in [0.25, 0.3) is 6.08 Å². The molecule has 0 aliphatic heterocycles. The third-order valence-corrected chi connectivity index (χ3v) is 2.85. The highest BCUT2D eigenvalue weighted by molar-refractivity contribution is 5.86. The number of hydrogen-bond acceptors (Lipinski definition) is 3. The highest BCUT2D eigenvalue weighted by atomic mass is 19.1. The van der Waals surface area contributed by atoms with Gasteiger partial charge in [0.25, 0.3) is 5.91 Å². The molecule has 2 aromatic rings. The molecule has 0 unspecified atom stereocenters. The minimum atomic E-state index is -0.509. The van der Waals surface area contributed by atoms with E-state index in [9.17, 15) is 9.18 Å². The van der Waals surface area contributed by atoms with Crippen LogP contribution in [0.4, 0.5) is 4.39 Å². The van der Waals surface area contributed by atoms with Gasteiger partial charge in [-0.05, 0) is 30.2 Å². The van der Waals surface area contributed by atoms with Gasteiger partial charge >= 0.3 is 0 Å². The molecule has 0 aromatic heterocycles. The molecule has 4 nitrogen and oxygen atoms in total. The molecular weight excluding hydrogens is 295 g/mol. The Labute approximate surface area is 134 Å². The summed E-state index contributed by atoms with van der Waals surface area (Å²) in [4.78, 5) is 11.6. The van der Waals surface area contributed by atoms with Crippen LogP contribution in [-0.4, -0.2) is 18.7 Å². The Balaban J connectivity index is 1.80. The topological polar surface area (TPSA) is 50.7 Å². The largest absolute Gasteiger partial charge is 0.481 e. The fourth-order valence-electron chi connectivity index (χ4n) is 1.79. The summed E-state index contributed by atoms with van der Waals surface area (Å²) in [6.07, 6.45) is 3.47.